The minimum Gasteiger partial charge on any atom is -0.388 e. The van der Waals surface area contributed by atoms with Crippen molar-refractivity contribution in [3.63, 3.8) is 0 Å². The Kier molecular flexibility index (Phi) is 6.17. The van der Waals surface area contributed by atoms with E-state index in [0.717, 1.165) is 25.7 Å². The van der Waals surface area contributed by atoms with Gasteiger partial charge in [0.1, 0.15) is 0 Å². The van der Waals surface area contributed by atoms with Crippen molar-refractivity contribution in [1.82, 2.24) is 10.6 Å². The van der Waals surface area contributed by atoms with E-state index >= 15 is 0 Å². The van der Waals surface area contributed by atoms with Crippen LogP contribution in [0.15, 0.2) is 4.99 Å². The molecule has 2 saturated carbocycles. The van der Waals surface area contributed by atoms with Crippen LogP contribution in [0.5, 0.6) is 0 Å². The molecule has 0 aromatic heterocycles. The minimum atomic E-state index is -4.07. The number of aliphatic hydroxyl groups is 1. The number of nitrogens with zero attached hydrogens (tertiary/aromatic N) is 1. The quantitative estimate of drug-likeness (QED) is 0.547. The summed E-state index contributed by atoms with van der Waals surface area (Å²) in [6.45, 7) is 2.98. The fraction of sp³-hybridized carbons (Fsp3) is 0.938. The summed E-state index contributed by atoms with van der Waals surface area (Å²) in [5.41, 5.74) is -0.712. The molecule has 0 saturated heterocycles. The lowest BCUT2D eigenvalue weighted by atomic mass is 9.85. The van der Waals surface area contributed by atoms with Crippen molar-refractivity contribution in [2.75, 3.05) is 13.1 Å². The fourth-order valence-electron chi connectivity index (χ4n) is 3.50. The Morgan fingerprint density at radius 1 is 1.17 bits per heavy atom. The van der Waals surface area contributed by atoms with E-state index in [1.54, 1.807) is 0 Å². The van der Waals surface area contributed by atoms with E-state index in [2.05, 4.69) is 15.6 Å². The lowest BCUT2D eigenvalue weighted by Crippen LogP contribution is -2.46. The topological polar surface area (TPSA) is 56.7 Å². The Labute approximate surface area is 135 Å². The second-order valence-corrected chi connectivity index (χ2v) is 6.86. The van der Waals surface area contributed by atoms with Gasteiger partial charge in [-0.25, -0.2) is 0 Å². The Hall–Kier alpha value is -0.980. The standard InChI is InChI=1S/C16H28F3N3O/c1-2-20-14(21-11-15(23)9-3-4-10-15)22-13-7-5-12(6-8-13)16(17,18)19/h12-13,23H,2-11H2,1H3,(H2,20,21,22). The Morgan fingerprint density at radius 3 is 2.30 bits per heavy atom. The smallest absolute Gasteiger partial charge is 0.388 e. The highest BCUT2D eigenvalue weighted by atomic mass is 19.4. The predicted octanol–water partition coefficient (Wildman–Crippen LogP) is 2.97. The molecule has 0 bridgehead atoms. The van der Waals surface area contributed by atoms with Gasteiger partial charge >= 0.3 is 6.18 Å². The number of hydrogen-bond donors (Lipinski definition) is 3. The average Bonchev–Trinajstić information content (AvgIpc) is 2.92. The van der Waals surface area contributed by atoms with Gasteiger partial charge in [-0.1, -0.05) is 12.8 Å². The Morgan fingerprint density at radius 2 is 1.78 bits per heavy atom. The van der Waals surface area contributed by atoms with Crippen LogP contribution in [0.1, 0.15) is 58.3 Å². The number of guanidine groups is 1. The summed E-state index contributed by atoms with van der Waals surface area (Å²) in [6, 6.07) is 0.0182. The van der Waals surface area contributed by atoms with E-state index in [1.807, 2.05) is 6.92 Å². The molecule has 3 N–H and O–H groups in total. The van der Waals surface area contributed by atoms with E-state index in [0.29, 0.717) is 31.9 Å². The van der Waals surface area contributed by atoms with Crippen molar-refractivity contribution >= 4 is 5.96 Å². The van der Waals surface area contributed by atoms with Gasteiger partial charge in [-0.3, -0.25) is 4.99 Å². The Bertz CT molecular complexity index is 398. The molecule has 23 heavy (non-hydrogen) atoms. The fourth-order valence-corrected chi connectivity index (χ4v) is 3.50. The van der Waals surface area contributed by atoms with Gasteiger partial charge in [0.05, 0.1) is 18.1 Å². The predicted molar refractivity (Wildman–Crippen MR) is 84.3 cm³/mol. The molecule has 0 amide bonds. The molecule has 2 fully saturated rings. The molecule has 0 unspecified atom stereocenters. The van der Waals surface area contributed by atoms with Crippen molar-refractivity contribution < 1.29 is 18.3 Å². The zero-order chi connectivity index (χ0) is 16.9. The molecule has 0 atom stereocenters. The second kappa shape index (κ2) is 7.73. The van der Waals surface area contributed by atoms with Crippen molar-refractivity contribution in [3.05, 3.63) is 0 Å². The maximum absolute atomic E-state index is 12.7. The lowest BCUT2D eigenvalue weighted by molar-refractivity contribution is -0.182. The molecule has 0 heterocycles. The number of rotatable bonds is 4. The van der Waals surface area contributed by atoms with Crippen molar-refractivity contribution in [3.8, 4) is 0 Å². The maximum Gasteiger partial charge on any atom is 0.391 e. The summed E-state index contributed by atoms with van der Waals surface area (Å²) in [7, 11) is 0. The third kappa shape index (κ3) is 5.55. The van der Waals surface area contributed by atoms with Crippen LogP contribution in [-0.4, -0.2) is 42.0 Å². The van der Waals surface area contributed by atoms with E-state index in [-0.39, 0.29) is 18.9 Å². The maximum atomic E-state index is 12.7. The van der Waals surface area contributed by atoms with Gasteiger partial charge in [0.2, 0.25) is 0 Å². The zero-order valence-electron chi connectivity index (χ0n) is 13.8. The molecule has 0 aromatic rings. The van der Waals surface area contributed by atoms with Gasteiger partial charge in [-0.15, -0.1) is 0 Å². The van der Waals surface area contributed by atoms with Crippen molar-refractivity contribution in [1.29, 1.82) is 0 Å². The molecule has 0 aliphatic heterocycles. The largest absolute Gasteiger partial charge is 0.391 e. The van der Waals surface area contributed by atoms with E-state index < -0.39 is 17.7 Å². The molecule has 2 rings (SSSR count). The first-order chi connectivity index (χ1) is 10.8. The third-order valence-electron chi connectivity index (χ3n) is 4.94. The first-order valence-electron chi connectivity index (χ1n) is 8.66. The SMILES string of the molecule is CCNC(=NCC1(O)CCCC1)NC1CCC(C(F)(F)F)CC1. The van der Waals surface area contributed by atoms with Crippen LogP contribution in [-0.2, 0) is 0 Å². The monoisotopic (exact) mass is 335 g/mol. The third-order valence-corrected chi connectivity index (χ3v) is 4.94. The van der Waals surface area contributed by atoms with Gasteiger partial charge in [0, 0.05) is 12.6 Å². The van der Waals surface area contributed by atoms with Gasteiger partial charge in [-0.2, -0.15) is 13.2 Å². The van der Waals surface area contributed by atoms with Gasteiger partial charge in [-0.05, 0) is 45.4 Å². The highest BCUT2D eigenvalue weighted by Crippen LogP contribution is 2.37. The summed E-state index contributed by atoms with van der Waals surface area (Å²) in [5, 5.41) is 16.7. The number of aliphatic imine (C=N–C) groups is 1. The van der Waals surface area contributed by atoms with Crippen LogP contribution in [0.25, 0.3) is 0 Å². The van der Waals surface area contributed by atoms with Crippen LogP contribution in [0.2, 0.25) is 0 Å². The van der Waals surface area contributed by atoms with Gasteiger partial charge in [0.25, 0.3) is 0 Å². The highest BCUT2D eigenvalue weighted by molar-refractivity contribution is 5.80. The molecule has 0 aromatic carbocycles. The molecule has 0 radical (unpaired) electrons. The van der Waals surface area contributed by atoms with E-state index in [9.17, 15) is 18.3 Å². The Balaban J connectivity index is 1.85. The van der Waals surface area contributed by atoms with E-state index in [1.165, 1.54) is 0 Å². The second-order valence-electron chi connectivity index (χ2n) is 6.86. The van der Waals surface area contributed by atoms with Crippen molar-refractivity contribution in [2.24, 2.45) is 10.9 Å². The molecule has 2 aliphatic rings. The van der Waals surface area contributed by atoms with Gasteiger partial charge in [0.15, 0.2) is 5.96 Å². The molecular weight excluding hydrogens is 307 g/mol. The lowest BCUT2D eigenvalue weighted by Gasteiger charge is -2.31. The van der Waals surface area contributed by atoms with Crippen molar-refractivity contribution in [2.45, 2.75) is 76.1 Å². The number of hydrogen-bond acceptors (Lipinski definition) is 2. The molecule has 0 spiro atoms. The zero-order valence-corrected chi connectivity index (χ0v) is 13.8. The van der Waals surface area contributed by atoms with Crippen LogP contribution < -0.4 is 10.6 Å². The summed E-state index contributed by atoms with van der Waals surface area (Å²) in [4.78, 5) is 4.45. The van der Waals surface area contributed by atoms with Crippen LogP contribution >= 0.6 is 0 Å². The molecular formula is C16H28F3N3O. The molecule has 4 nitrogen and oxygen atoms in total. The van der Waals surface area contributed by atoms with Crippen LogP contribution in [0.4, 0.5) is 13.2 Å². The minimum absolute atomic E-state index is 0.0182. The molecule has 2 aliphatic carbocycles. The van der Waals surface area contributed by atoms with Gasteiger partial charge < -0.3 is 15.7 Å². The summed E-state index contributed by atoms with van der Waals surface area (Å²) >= 11 is 0. The number of halogens is 3. The summed E-state index contributed by atoms with van der Waals surface area (Å²) in [6.07, 6.45) is 0.857. The average molecular weight is 335 g/mol. The number of alkyl halides is 3. The normalized spacial score (nSPS) is 28.7. The first-order valence-corrected chi connectivity index (χ1v) is 8.66. The molecule has 134 valence electrons. The summed E-state index contributed by atoms with van der Waals surface area (Å²) < 4.78 is 38.1. The highest BCUT2D eigenvalue weighted by Gasteiger charge is 2.41. The molecule has 7 heteroatoms. The first kappa shape index (κ1) is 18.4. The van der Waals surface area contributed by atoms with Crippen LogP contribution in [0, 0.1) is 5.92 Å². The van der Waals surface area contributed by atoms with Crippen LogP contribution in [0.3, 0.4) is 0 Å². The number of nitrogens with one attached hydrogen (secondary N) is 2. The summed E-state index contributed by atoms with van der Waals surface area (Å²) in [5.74, 6) is -0.567. The van der Waals surface area contributed by atoms with E-state index in [4.69, 9.17) is 0 Å².